The Labute approximate surface area is 185 Å². The van der Waals surface area contributed by atoms with Crippen molar-refractivity contribution in [3.05, 3.63) is 64.3 Å². The van der Waals surface area contributed by atoms with Crippen LogP contribution in [-0.4, -0.2) is 33.6 Å². The summed E-state index contributed by atoms with van der Waals surface area (Å²) in [4.78, 5) is 30.9. The van der Waals surface area contributed by atoms with Gasteiger partial charge in [0.15, 0.2) is 5.58 Å². The molecule has 33 heavy (non-hydrogen) atoms. The van der Waals surface area contributed by atoms with Crippen LogP contribution in [0.15, 0.2) is 51.8 Å². The molecule has 0 aliphatic rings. The van der Waals surface area contributed by atoms with Gasteiger partial charge in [-0.1, -0.05) is 0 Å². The van der Waals surface area contributed by atoms with Crippen molar-refractivity contribution in [1.29, 1.82) is 0 Å². The summed E-state index contributed by atoms with van der Waals surface area (Å²) >= 11 is 0. The molecule has 0 spiro atoms. The number of carboxylic acid groups (broad SMARTS) is 1. The number of fused-ring (bicyclic) bond motifs is 1. The fourth-order valence-corrected chi connectivity index (χ4v) is 2.86. The predicted molar refractivity (Wildman–Crippen MR) is 117 cm³/mol. The highest BCUT2D eigenvalue weighted by Gasteiger charge is 2.12. The van der Waals surface area contributed by atoms with E-state index in [1.165, 1.54) is 19.2 Å². The van der Waals surface area contributed by atoms with Crippen molar-refractivity contribution in [1.82, 2.24) is 15.0 Å². The zero-order valence-electron chi connectivity index (χ0n) is 17.4. The first-order valence-electron chi connectivity index (χ1n) is 9.38. The molecule has 4 N–H and O–H groups in total. The highest BCUT2D eigenvalue weighted by atomic mass is 19.3. The summed E-state index contributed by atoms with van der Waals surface area (Å²) in [7, 11) is 1.41. The minimum Gasteiger partial charge on any atom is -0.497 e. The van der Waals surface area contributed by atoms with Crippen molar-refractivity contribution in [2.45, 2.75) is 13.3 Å². The predicted octanol–water partition coefficient (Wildman–Crippen LogP) is 4.35. The highest BCUT2D eigenvalue weighted by Crippen LogP contribution is 2.29. The second-order valence-electron chi connectivity index (χ2n) is 6.60. The molecule has 0 saturated heterocycles. The number of ether oxygens (including phenoxy) is 1. The van der Waals surface area contributed by atoms with Crippen LogP contribution in [0.3, 0.4) is 0 Å². The van der Waals surface area contributed by atoms with Gasteiger partial charge in [0, 0.05) is 34.8 Å². The number of nitrogens with one attached hydrogen (secondary N) is 3. The van der Waals surface area contributed by atoms with Gasteiger partial charge in [-0.25, -0.2) is 18.6 Å². The molecule has 0 bridgehead atoms. The number of nitrogens with zero attached hydrogens (tertiary/aromatic N) is 2. The quantitative estimate of drug-likeness (QED) is 0.309. The fourth-order valence-electron chi connectivity index (χ4n) is 2.86. The Kier molecular flexibility index (Phi) is 7.18. The summed E-state index contributed by atoms with van der Waals surface area (Å²) in [5.74, 6) is 0.487. The third kappa shape index (κ3) is 5.81. The number of oxazole rings is 1. The Morgan fingerprint density at radius 2 is 1.94 bits per heavy atom. The van der Waals surface area contributed by atoms with Gasteiger partial charge < -0.3 is 24.9 Å². The Morgan fingerprint density at radius 3 is 2.64 bits per heavy atom. The molecule has 0 atom stereocenters. The number of hydrogen-bond donors (Lipinski definition) is 4. The van der Waals surface area contributed by atoms with E-state index in [0.717, 1.165) is 5.56 Å². The second kappa shape index (κ2) is 10.2. The van der Waals surface area contributed by atoms with Gasteiger partial charge in [-0.05, 0) is 37.3 Å². The number of H-pyrrole nitrogens is 1. The summed E-state index contributed by atoms with van der Waals surface area (Å²) in [6.45, 7) is 1.57. The first-order valence-corrected chi connectivity index (χ1v) is 9.38. The molecule has 10 nitrogen and oxygen atoms in total. The van der Waals surface area contributed by atoms with E-state index in [1.54, 1.807) is 30.5 Å². The number of methoxy groups -OCH3 is 1. The van der Waals surface area contributed by atoms with E-state index in [0.29, 0.717) is 34.0 Å². The smallest absolute Gasteiger partial charge is 0.417 e. The van der Waals surface area contributed by atoms with Gasteiger partial charge >= 0.3 is 5.76 Å². The van der Waals surface area contributed by atoms with Crippen LogP contribution in [0.2, 0.25) is 0 Å². The summed E-state index contributed by atoms with van der Waals surface area (Å²) in [6, 6.07) is 9.27. The number of rotatable bonds is 6. The van der Waals surface area contributed by atoms with Crippen molar-refractivity contribution in [3.63, 3.8) is 0 Å². The molecular formula is C21H19F2N5O5. The van der Waals surface area contributed by atoms with E-state index in [-0.39, 0.29) is 18.0 Å². The molecule has 0 aliphatic carbocycles. The average molecular weight is 459 g/mol. The van der Waals surface area contributed by atoms with E-state index in [9.17, 15) is 13.6 Å². The summed E-state index contributed by atoms with van der Waals surface area (Å²) in [6.07, 6.45) is -1.04. The van der Waals surface area contributed by atoms with Crippen molar-refractivity contribution in [2.75, 3.05) is 17.7 Å². The van der Waals surface area contributed by atoms with E-state index < -0.39 is 12.2 Å². The van der Waals surface area contributed by atoms with Crippen LogP contribution in [0.1, 0.15) is 17.6 Å². The number of anilines is 4. The van der Waals surface area contributed by atoms with Crippen LogP contribution in [0.25, 0.3) is 11.1 Å². The SMILES string of the molecule is COc1cc(Nc2ncc(C)c(Nc3ccc4oc(=O)[nH]c4c3)n2)cc(C(F)F)c1.O=CO. The molecule has 0 fully saturated rings. The molecule has 0 radical (unpaired) electrons. The lowest BCUT2D eigenvalue weighted by molar-refractivity contribution is -0.122. The van der Waals surface area contributed by atoms with Gasteiger partial charge in [0.05, 0.1) is 12.6 Å². The monoisotopic (exact) mass is 459 g/mol. The van der Waals surface area contributed by atoms with Crippen LogP contribution in [0.4, 0.5) is 31.9 Å². The lowest BCUT2D eigenvalue weighted by Gasteiger charge is -2.12. The minimum atomic E-state index is -2.64. The number of alkyl halides is 2. The molecule has 2 heterocycles. The van der Waals surface area contributed by atoms with Crippen LogP contribution in [0.5, 0.6) is 5.75 Å². The third-order valence-electron chi connectivity index (χ3n) is 4.33. The Hall–Kier alpha value is -4.48. The number of aryl methyl sites for hydroxylation is 1. The summed E-state index contributed by atoms with van der Waals surface area (Å²) in [5, 5.41) is 13.0. The van der Waals surface area contributed by atoms with E-state index in [4.69, 9.17) is 19.1 Å². The van der Waals surface area contributed by atoms with E-state index >= 15 is 0 Å². The standard InChI is InChI=1S/C20H17F2N5O3.CH2O2/c1-10-9-23-19(25-13-5-11(17(21)22)6-14(7-13)29-2)27-18(10)24-12-3-4-16-15(8-12)26-20(28)30-16;2-1-3/h3-9,17H,1-2H3,(H,26,28)(H2,23,24,25,27);1H,(H,2,3). The number of carbonyl (C=O) groups is 1. The molecule has 0 amide bonds. The van der Waals surface area contributed by atoms with Gasteiger partial charge in [-0.2, -0.15) is 4.98 Å². The fraction of sp³-hybridized carbons (Fsp3) is 0.143. The van der Waals surface area contributed by atoms with Crippen LogP contribution in [-0.2, 0) is 4.79 Å². The maximum Gasteiger partial charge on any atom is 0.417 e. The van der Waals surface area contributed by atoms with Crippen LogP contribution in [0, 0.1) is 6.92 Å². The molecule has 0 saturated carbocycles. The number of aromatic nitrogens is 3. The van der Waals surface area contributed by atoms with Crippen molar-refractivity contribution < 1.29 is 27.8 Å². The molecule has 0 aliphatic heterocycles. The lowest BCUT2D eigenvalue weighted by Crippen LogP contribution is -2.03. The number of halogens is 2. The molecule has 0 unspecified atom stereocenters. The molecule has 12 heteroatoms. The first-order chi connectivity index (χ1) is 15.8. The Morgan fingerprint density at radius 1 is 1.18 bits per heavy atom. The molecular weight excluding hydrogens is 440 g/mol. The molecule has 4 rings (SSSR count). The van der Waals surface area contributed by atoms with Gasteiger partial charge in [0.25, 0.3) is 12.9 Å². The summed E-state index contributed by atoms with van der Waals surface area (Å²) in [5.41, 5.74) is 2.63. The normalized spacial score (nSPS) is 10.5. The average Bonchev–Trinajstić information content (AvgIpc) is 3.15. The maximum atomic E-state index is 13.1. The highest BCUT2D eigenvalue weighted by molar-refractivity contribution is 5.78. The topological polar surface area (TPSA) is 142 Å². The second-order valence-corrected chi connectivity index (χ2v) is 6.60. The zero-order chi connectivity index (χ0) is 24.0. The van der Waals surface area contributed by atoms with E-state index in [1.807, 2.05) is 6.92 Å². The van der Waals surface area contributed by atoms with Crippen molar-refractivity contribution >= 4 is 40.7 Å². The van der Waals surface area contributed by atoms with Crippen LogP contribution >= 0.6 is 0 Å². The Balaban J connectivity index is 0.000000968. The van der Waals surface area contributed by atoms with Crippen molar-refractivity contribution in [3.8, 4) is 5.75 Å². The minimum absolute atomic E-state index is 0.176. The lowest BCUT2D eigenvalue weighted by atomic mass is 10.2. The van der Waals surface area contributed by atoms with Crippen molar-refractivity contribution in [2.24, 2.45) is 0 Å². The third-order valence-corrected chi connectivity index (χ3v) is 4.33. The van der Waals surface area contributed by atoms with Gasteiger partial charge in [-0.15, -0.1) is 0 Å². The van der Waals surface area contributed by atoms with Gasteiger partial charge in [-0.3, -0.25) is 9.78 Å². The maximum absolute atomic E-state index is 13.1. The number of benzene rings is 2. The van der Waals surface area contributed by atoms with Crippen LogP contribution < -0.4 is 21.1 Å². The summed E-state index contributed by atoms with van der Waals surface area (Å²) < 4.78 is 36.3. The first kappa shape index (κ1) is 23.2. The molecule has 4 aromatic rings. The number of aromatic amines is 1. The molecule has 172 valence electrons. The van der Waals surface area contributed by atoms with E-state index in [2.05, 4.69) is 25.6 Å². The van der Waals surface area contributed by atoms with Gasteiger partial charge in [0.1, 0.15) is 11.6 Å². The number of hydrogen-bond acceptors (Lipinski definition) is 8. The Bertz CT molecular complexity index is 1320. The molecule has 2 aromatic heterocycles. The zero-order valence-corrected chi connectivity index (χ0v) is 17.4. The molecule has 2 aromatic carbocycles. The van der Waals surface area contributed by atoms with Gasteiger partial charge in [0.2, 0.25) is 5.95 Å². The largest absolute Gasteiger partial charge is 0.497 e.